The monoisotopic (exact) mass is 239 g/mol. The zero-order chi connectivity index (χ0) is 12.3. The van der Waals surface area contributed by atoms with Crippen LogP contribution in [0.4, 0.5) is 0 Å². The predicted octanol–water partition coefficient (Wildman–Crippen LogP) is 3.05. The molecule has 2 aliphatic rings. The lowest BCUT2D eigenvalue weighted by molar-refractivity contribution is 0.119. The van der Waals surface area contributed by atoms with Gasteiger partial charge in [0, 0.05) is 6.54 Å². The summed E-state index contributed by atoms with van der Waals surface area (Å²) in [6, 6.07) is 0. The molecule has 0 radical (unpaired) electrons. The molecular formula is C15H29NO. The van der Waals surface area contributed by atoms with Gasteiger partial charge in [-0.1, -0.05) is 20.3 Å². The SMILES string of the molecule is CCC1(CC)CCN(CCC2CCCC2O)C1. The zero-order valence-electron chi connectivity index (χ0n) is 11.6. The largest absolute Gasteiger partial charge is 0.393 e. The third-order valence-electron chi connectivity index (χ3n) is 5.45. The van der Waals surface area contributed by atoms with Crippen LogP contribution in [0.1, 0.15) is 58.8 Å². The fourth-order valence-electron chi connectivity index (χ4n) is 3.75. The van der Waals surface area contributed by atoms with Gasteiger partial charge < -0.3 is 10.0 Å². The Morgan fingerprint density at radius 1 is 1.24 bits per heavy atom. The van der Waals surface area contributed by atoms with Gasteiger partial charge in [-0.2, -0.15) is 0 Å². The van der Waals surface area contributed by atoms with Gasteiger partial charge in [0.1, 0.15) is 0 Å². The normalized spacial score (nSPS) is 33.4. The van der Waals surface area contributed by atoms with E-state index in [1.165, 1.54) is 58.2 Å². The van der Waals surface area contributed by atoms with Gasteiger partial charge in [-0.3, -0.25) is 0 Å². The van der Waals surface area contributed by atoms with Gasteiger partial charge in [-0.05, 0) is 62.9 Å². The van der Waals surface area contributed by atoms with Gasteiger partial charge in [-0.15, -0.1) is 0 Å². The van der Waals surface area contributed by atoms with Crippen molar-refractivity contribution in [2.24, 2.45) is 11.3 Å². The standard InChI is InChI=1S/C15H29NO/c1-3-15(4-2)9-11-16(12-15)10-8-13-6-5-7-14(13)17/h13-14,17H,3-12H2,1-2H3. The minimum Gasteiger partial charge on any atom is -0.393 e. The van der Waals surface area contributed by atoms with Crippen molar-refractivity contribution in [2.45, 2.75) is 64.9 Å². The lowest BCUT2D eigenvalue weighted by Gasteiger charge is -2.27. The third-order valence-corrected chi connectivity index (χ3v) is 5.45. The van der Waals surface area contributed by atoms with Crippen molar-refractivity contribution in [2.75, 3.05) is 19.6 Å². The summed E-state index contributed by atoms with van der Waals surface area (Å²) in [5.41, 5.74) is 0.605. The smallest absolute Gasteiger partial charge is 0.0568 e. The topological polar surface area (TPSA) is 23.5 Å². The first-order valence-corrected chi connectivity index (χ1v) is 7.59. The predicted molar refractivity (Wildman–Crippen MR) is 72.0 cm³/mol. The van der Waals surface area contributed by atoms with Crippen LogP contribution in [0, 0.1) is 11.3 Å². The van der Waals surface area contributed by atoms with Crippen LogP contribution in [-0.4, -0.2) is 35.7 Å². The molecule has 2 unspecified atom stereocenters. The highest BCUT2D eigenvalue weighted by Crippen LogP contribution is 2.37. The van der Waals surface area contributed by atoms with E-state index in [1.54, 1.807) is 0 Å². The fraction of sp³-hybridized carbons (Fsp3) is 1.00. The summed E-state index contributed by atoms with van der Waals surface area (Å²) >= 11 is 0. The van der Waals surface area contributed by atoms with Gasteiger partial charge in [0.15, 0.2) is 0 Å². The first-order valence-electron chi connectivity index (χ1n) is 7.59. The first kappa shape index (κ1) is 13.4. The van der Waals surface area contributed by atoms with Crippen LogP contribution in [0.25, 0.3) is 0 Å². The Balaban J connectivity index is 1.74. The van der Waals surface area contributed by atoms with Gasteiger partial charge in [0.05, 0.1) is 6.10 Å². The van der Waals surface area contributed by atoms with Crippen molar-refractivity contribution >= 4 is 0 Å². The first-order chi connectivity index (χ1) is 8.19. The molecule has 1 heterocycles. The number of aliphatic hydroxyl groups excluding tert-OH is 1. The van der Waals surface area contributed by atoms with E-state index in [1.807, 2.05) is 0 Å². The van der Waals surface area contributed by atoms with Crippen molar-refractivity contribution in [3.05, 3.63) is 0 Å². The zero-order valence-corrected chi connectivity index (χ0v) is 11.6. The molecule has 1 aliphatic carbocycles. The quantitative estimate of drug-likeness (QED) is 0.797. The summed E-state index contributed by atoms with van der Waals surface area (Å²) in [6.45, 7) is 8.47. The van der Waals surface area contributed by atoms with Crippen LogP contribution in [-0.2, 0) is 0 Å². The molecule has 1 N–H and O–H groups in total. The number of hydrogen-bond donors (Lipinski definition) is 1. The van der Waals surface area contributed by atoms with Crippen molar-refractivity contribution < 1.29 is 5.11 Å². The maximum Gasteiger partial charge on any atom is 0.0568 e. The van der Waals surface area contributed by atoms with Crippen LogP contribution >= 0.6 is 0 Å². The number of aliphatic hydroxyl groups is 1. The molecule has 2 atom stereocenters. The summed E-state index contributed by atoms with van der Waals surface area (Å²) in [5, 5.41) is 9.84. The van der Waals surface area contributed by atoms with Gasteiger partial charge in [-0.25, -0.2) is 0 Å². The van der Waals surface area contributed by atoms with Crippen molar-refractivity contribution in [1.29, 1.82) is 0 Å². The molecule has 0 amide bonds. The summed E-state index contributed by atoms with van der Waals surface area (Å²) in [5.74, 6) is 0.591. The molecule has 2 fully saturated rings. The number of likely N-dealkylation sites (tertiary alicyclic amines) is 1. The van der Waals surface area contributed by atoms with E-state index in [2.05, 4.69) is 18.7 Å². The molecule has 1 saturated heterocycles. The molecule has 100 valence electrons. The molecule has 0 spiro atoms. The minimum absolute atomic E-state index is 0.000268. The Labute approximate surface area is 106 Å². The molecular weight excluding hydrogens is 210 g/mol. The van der Waals surface area contributed by atoms with E-state index >= 15 is 0 Å². The molecule has 0 bridgehead atoms. The van der Waals surface area contributed by atoms with Crippen molar-refractivity contribution in [3.63, 3.8) is 0 Å². The molecule has 2 nitrogen and oxygen atoms in total. The Morgan fingerprint density at radius 2 is 2.00 bits per heavy atom. The Morgan fingerprint density at radius 3 is 2.53 bits per heavy atom. The number of hydrogen-bond acceptors (Lipinski definition) is 2. The van der Waals surface area contributed by atoms with Crippen LogP contribution in [0.3, 0.4) is 0 Å². The third kappa shape index (κ3) is 3.03. The second-order valence-electron chi connectivity index (χ2n) is 6.28. The van der Waals surface area contributed by atoms with E-state index in [0.717, 1.165) is 6.42 Å². The Bertz CT molecular complexity index is 237. The summed E-state index contributed by atoms with van der Waals surface area (Å²) < 4.78 is 0. The van der Waals surface area contributed by atoms with Crippen LogP contribution in [0.2, 0.25) is 0 Å². The average Bonchev–Trinajstić information content (AvgIpc) is 2.94. The summed E-state index contributed by atoms with van der Waals surface area (Å²) in [6.07, 6.45) is 8.77. The lowest BCUT2D eigenvalue weighted by Crippen LogP contribution is -2.29. The van der Waals surface area contributed by atoms with Crippen LogP contribution in [0.15, 0.2) is 0 Å². The number of nitrogens with zero attached hydrogens (tertiary/aromatic N) is 1. The van der Waals surface area contributed by atoms with Crippen molar-refractivity contribution in [3.8, 4) is 0 Å². The Kier molecular flexibility index (Phi) is 4.48. The van der Waals surface area contributed by atoms with E-state index < -0.39 is 0 Å². The maximum atomic E-state index is 9.84. The summed E-state index contributed by atoms with van der Waals surface area (Å²) in [4.78, 5) is 2.64. The van der Waals surface area contributed by atoms with E-state index in [4.69, 9.17) is 0 Å². The Hall–Kier alpha value is -0.0800. The fourth-order valence-corrected chi connectivity index (χ4v) is 3.75. The second kappa shape index (κ2) is 5.71. The van der Waals surface area contributed by atoms with E-state index in [-0.39, 0.29) is 6.10 Å². The molecule has 0 aromatic carbocycles. The van der Waals surface area contributed by atoms with E-state index in [9.17, 15) is 5.11 Å². The molecule has 0 aromatic rings. The molecule has 17 heavy (non-hydrogen) atoms. The molecule has 2 heteroatoms. The van der Waals surface area contributed by atoms with Crippen molar-refractivity contribution in [1.82, 2.24) is 4.90 Å². The van der Waals surface area contributed by atoms with E-state index in [0.29, 0.717) is 11.3 Å². The van der Waals surface area contributed by atoms with Gasteiger partial charge in [0.2, 0.25) is 0 Å². The molecule has 2 rings (SSSR count). The highest BCUT2D eigenvalue weighted by atomic mass is 16.3. The van der Waals surface area contributed by atoms with Gasteiger partial charge in [0.25, 0.3) is 0 Å². The number of rotatable bonds is 5. The highest BCUT2D eigenvalue weighted by Gasteiger charge is 2.35. The summed E-state index contributed by atoms with van der Waals surface area (Å²) in [7, 11) is 0. The maximum absolute atomic E-state index is 9.84. The molecule has 0 aromatic heterocycles. The van der Waals surface area contributed by atoms with Crippen LogP contribution < -0.4 is 0 Å². The average molecular weight is 239 g/mol. The van der Waals surface area contributed by atoms with Crippen LogP contribution in [0.5, 0.6) is 0 Å². The highest BCUT2D eigenvalue weighted by molar-refractivity contribution is 4.88. The van der Waals surface area contributed by atoms with Gasteiger partial charge >= 0.3 is 0 Å². The lowest BCUT2D eigenvalue weighted by atomic mass is 9.82. The minimum atomic E-state index is -0.000268. The molecule has 1 saturated carbocycles. The second-order valence-corrected chi connectivity index (χ2v) is 6.28. The molecule has 1 aliphatic heterocycles.